The van der Waals surface area contributed by atoms with Crippen LogP contribution in [-0.4, -0.2) is 41.3 Å². The Bertz CT molecular complexity index is 1130. The molecule has 0 bridgehead atoms. The summed E-state index contributed by atoms with van der Waals surface area (Å²) in [7, 11) is 0. The number of carbonyl (C=O) groups excluding carboxylic acids is 2. The van der Waals surface area contributed by atoms with Gasteiger partial charge in [0.25, 0.3) is 5.91 Å². The van der Waals surface area contributed by atoms with Gasteiger partial charge in [0.05, 0.1) is 15.6 Å². The Morgan fingerprint density at radius 2 is 1.69 bits per heavy atom. The smallest absolute Gasteiger partial charge is 0.458 e. The molecule has 1 aliphatic rings. The first-order valence-electron chi connectivity index (χ1n) is 10.4. The van der Waals surface area contributed by atoms with Crippen molar-refractivity contribution in [1.29, 1.82) is 0 Å². The van der Waals surface area contributed by atoms with Gasteiger partial charge in [-0.3, -0.25) is 4.79 Å². The van der Waals surface area contributed by atoms with E-state index in [4.69, 9.17) is 32.7 Å². The SMILES string of the molecule is CC(C)(C)OC(=O)[C@@H]1CCCN1C(=O)c1cc(Cl)c(Oc2ccc(OC(F)(F)F)c(Cl)c2)cc1F. The molecule has 190 valence electrons. The summed E-state index contributed by atoms with van der Waals surface area (Å²) in [6.45, 7) is 5.35. The van der Waals surface area contributed by atoms with Gasteiger partial charge in [-0.25, -0.2) is 9.18 Å². The predicted octanol–water partition coefficient (Wildman–Crippen LogP) is 6.77. The lowest BCUT2D eigenvalue weighted by atomic mass is 10.1. The summed E-state index contributed by atoms with van der Waals surface area (Å²) in [4.78, 5) is 26.8. The molecule has 0 radical (unpaired) electrons. The minimum absolute atomic E-state index is 0.0468. The molecule has 6 nitrogen and oxygen atoms in total. The molecule has 1 amide bonds. The van der Waals surface area contributed by atoms with Crippen LogP contribution in [0, 0.1) is 5.82 Å². The number of rotatable bonds is 5. The maximum Gasteiger partial charge on any atom is 0.573 e. The number of hydrogen-bond donors (Lipinski definition) is 0. The van der Waals surface area contributed by atoms with Crippen LogP contribution in [-0.2, 0) is 9.53 Å². The van der Waals surface area contributed by atoms with E-state index in [1.807, 2.05) is 0 Å². The van der Waals surface area contributed by atoms with Gasteiger partial charge in [-0.15, -0.1) is 13.2 Å². The number of alkyl halides is 3. The van der Waals surface area contributed by atoms with Crippen LogP contribution >= 0.6 is 23.2 Å². The molecular weight excluding hydrogens is 517 g/mol. The molecule has 0 aromatic heterocycles. The molecule has 1 heterocycles. The van der Waals surface area contributed by atoms with Crippen LogP contribution in [0.5, 0.6) is 17.2 Å². The molecule has 0 unspecified atom stereocenters. The molecule has 1 saturated heterocycles. The van der Waals surface area contributed by atoms with Crippen LogP contribution in [0.4, 0.5) is 17.6 Å². The lowest BCUT2D eigenvalue weighted by Crippen LogP contribution is -2.43. The third-order valence-corrected chi connectivity index (χ3v) is 5.39. The lowest BCUT2D eigenvalue weighted by Gasteiger charge is -2.27. The molecule has 1 aliphatic heterocycles. The third kappa shape index (κ3) is 6.91. The fraction of sp³-hybridized carbons (Fsp3) is 0.391. The van der Waals surface area contributed by atoms with E-state index in [-0.39, 0.29) is 28.6 Å². The molecule has 1 atom stereocenters. The third-order valence-electron chi connectivity index (χ3n) is 4.80. The Hall–Kier alpha value is -2.72. The van der Waals surface area contributed by atoms with Gasteiger partial charge in [0.2, 0.25) is 0 Å². The van der Waals surface area contributed by atoms with Crippen molar-refractivity contribution in [2.24, 2.45) is 0 Å². The monoisotopic (exact) mass is 537 g/mol. The van der Waals surface area contributed by atoms with E-state index in [2.05, 4.69) is 4.74 Å². The average molecular weight is 538 g/mol. The molecule has 2 aromatic carbocycles. The van der Waals surface area contributed by atoms with Gasteiger partial charge < -0.3 is 19.1 Å². The highest BCUT2D eigenvalue weighted by molar-refractivity contribution is 6.32. The molecule has 3 rings (SSSR count). The van der Waals surface area contributed by atoms with Crippen molar-refractivity contribution in [3.8, 4) is 17.2 Å². The van der Waals surface area contributed by atoms with Gasteiger partial charge in [-0.2, -0.15) is 0 Å². The number of halogens is 6. The van der Waals surface area contributed by atoms with E-state index < -0.39 is 46.5 Å². The number of benzene rings is 2. The van der Waals surface area contributed by atoms with Crippen molar-refractivity contribution in [3.63, 3.8) is 0 Å². The maximum absolute atomic E-state index is 14.9. The van der Waals surface area contributed by atoms with Crippen LogP contribution in [0.15, 0.2) is 30.3 Å². The second-order valence-corrected chi connectivity index (χ2v) is 9.51. The molecule has 0 saturated carbocycles. The van der Waals surface area contributed by atoms with Gasteiger partial charge in [-0.05, 0) is 51.8 Å². The van der Waals surface area contributed by atoms with Crippen molar-refractivity contribution in [1.82, 2.24) is 4.90 Å². The molecule has 0 aliphatic carbocycles. The summed E-state index contributed by atoms with van der Waals surface area (Å²) in [5.74, 6) is -3.17. The second kappa shape index (κ2) is 10.1. The van der Waals surface area contributed by atoms with Gasteiger partial charge >= 0.3 is 12.3 Å². The molecule has 2 aromatic rings. The highest BCUT2D eigenvalue weighted by atomic mass is 35.5. The predicted molar refractivity (Wildman–Crippen MR) is 120 cm³/mol. The zero-order valence-electron chi connectivity index (χ0n) is 18.8. The zero-order valence-corrected chi connectivity index (χ0v) is 20.4. The molecule has 0 spiro atoms. The van der Waals surface area contributed by atoms with Crippen molar-refractivity contribution in [3.05, 3.63) is 51.8 Å². The van der Waals surface area contributed by atoms with Crippen LogP contribution < -0.4 is 9.47 Å². The quantitative estimate of drug-likeness (QED) is 0.311. The Morgan fingerprint density at radius 1 is 1.03 bits per heavy atom. The van der Waals surface area contributed by atoms with Crippen molar-refractivity contribution in [2.45, 2.75) is 51.6 Å². The van der Waals surface area contributed by atoms with E-state index in [0.29, 0.717) is 12.8 Å². The number of ether oxygens (including phenoxy) is 3. The Kier molecular flexibility index (Phi) is 7.76. The molecular formula is C23H21Cl2F4NO5. The normalized spacial score (nSPS) is 16.3. The van der Waals surface area contributed by atoms with E-state index in [1.165, 1.54) is 4.90 Å². The fourth-order valence-electron chi connectivity index (χ4n) is 3.43. The van der Waals surface area contributed by atoms with Gasteiger partial charge in [0.1, 0.15) is 34.7 Å². The first-order valence-corrected chi connectivity index (χ1v) is 11.2. The highest BCUT2D eigenvalue weighted by Crippen LogP contribution is 2.37. The van der Waals surface area contributed by atoms with Crippen LogP contribution in [0.2, 0.25) is 10.0 Å². The van der Waals surface area contributed by atoms with Gasteiger partial charge in [0.15, 0.2) is 0 Å². The number of likely N-dealkylation sites (tertiary alicyclic amines) is 1. The van der Waals surface area contributed by atoms with Crippen LogP contribution in [0.25, 0.3) is 0 Å². The molecule has 0 N–H and O–H groups in total. The van der Waals surface area contributed by atoms with E-state index in [9.17, 15) is 27.2 Å². The second-order valence-electron chi connectivity index (χ2n) is 8.69. The van der Waals surface area contributed by atoms with Gasteiger partial charge in [0, 0.05) is 18.7 Å². The van der Waals surface area contributed by atoms with E-state index in [1.54, 1.807) is 20.8 Å². The summed E-state index contributed by atoms with van der Waals surface area (Å²) in [6.07, 6.45) is -4.01. The van der Waals surface area contributed by atoms with Crippen molar-refractivity contribution in [2.75, 3.05) is 6.54 Å². The number of amides is 1. The average Bonchev–Trinajstić information content (AvgIpc) is 3.20. The summed E-state index contributed by atoms with van der Waals surface area (Å²) >= 11 is 12.0. The summed E-state index contributed by atoms with van der Waals surface area (Å²) < 4.78 is 66.7. The fourth-order valence-corrected chi connectivity index (χ4v) is 3.84. The molecule has 35 heavy (non-hydrogen) atoms. The standard InChI is InChI=1S/C23H21Cl2F4NO5/c1-22(2,3)35-21(32)17-5-4-8-30(17)20(31)13-10-15(25)19(11-16(13)26)33-12-6-7-18(14(24)9-12)34-23(27,28)29/h6-7,9-11,17H,4-5,8H2,1-3H3/t17-/m0/s1. The van der Waals surface area contributed by atoms with Gasteiger partial charge in [-0.1, -0.05) is 23.2 Å². The minimum atomic E-state index is -4.93. The van der Waals surface area contributed by atoms with Crippen molar-refractivity contribution >= 4 is 35.1 Å². The Morgan fingerprint density at radius 3 is 2.29 bits per heavy atom. The van der Waals surface area contributed by atoms with Crippen molar-refractivity contribution < 1.29 is 41.4 Å². The molecule has 1 fully saturated rings. The number of hydrogen-bond acceptors (Lipinski definition) is 5. The summed E-state index contributed by atoms with van der Waals surface area (Å²) in [5, 5.41) is -0.542. The first kappa shape index (κ1) is 26.9. The van der Waals surface area contributed by atoms with E-state index in [0.717, 1.165) is 30.3 Å². The summed E-state index contributed by atoms with van der Waals surface area (Å²) in [6, 6.07) is 4.15. The molecule has 12 heteroatoms. The lowest BCUT2D eigenvalue weighted by molar-refractivity contribution is -0.274. The highest BCUT2D eigenvalue weighted by Gasteiger charge is 2.38. The number of nitrogens with zero attached hydrogens (tertiary/aromatic N) is 1. The van der Waals surface area contributed by atoms with Crippen LogP contribution in [0.1, 0.15) is 44.0 Å². The Labute approximate surface area is 208 Å². The first-order chi connectivity index (χ1) is 16.1. The number of esters is 1. The summed E-state index contributed by atoms with van der Waals surface area (Å²) in [5.41, 5.74) is -1.12. The maximum atomic E-state index is 14.9. The number of carbonyl (C=O) groups is 2. The largest absolute Gasteiger partial charge is 0.573 e. The topological polar surface area (TPSA) is 65.1 Å². The zero-order chi connectivity index (χ0) is 26.1. The minimum Gasteiger partial charge on any atom is -0.458 e. The van der Waals surface area contributed by atoms with Crippen LogP contribution in [0.3, 0.4) is 0 Å². The Balaban J connectivity index is 1.79. The van der Waals surface area contributed by atoms with E-state index >= 15 is 0 Å².